The third kappa shape index (κ3) is 3.32. The van der Waals surface area contributed by atoms with Crippen LogP contribution in [-0.2, 0) is 13.0 Å². The lowest BCUT2D eigenvalue weighted by Gasteiger charge is -2.29. The highest BCUT2D eigenvalue weighted by atomic mass is 19.1. The number of likely N-dealkylation sites (tertiary alicyclic amines) is 1. The van der Waals surface area contributed by atoms with Crippen LogP contribution in [0.5, 0.6) is 0 Å². The highest BCUT2D eigenvalue weighted by Gasteiger charge is 2.47. The van der Waals surface area contributed by atoms with E-state index in [9.17, 15) is 19.7 Å². The molecule has 0 amide bonds. The molecule has 24 heavy (non-hydrogen) atoms. The number of pyridine rings is 1. The highest BCUT2D eigenvalue weighted by molar-refractivity contribution is 5.19. The maximum atomic E-state index is 13.9. The highest BCUT2D eigenvalue weighted by Crippen LogP contribution is 2.29. The summed E-state index contributed by atoms with van der Waals surface area (Å²) < 4.78 is 13.9. The predicted octanol–water partition coefficient (Wildman–Crippen LogP) is 0.730. The molecule has 3 rings (SSSR count). The first-order valence-corrected chi connectivity index (χ1v) is 7.98. The number of aliphatic hydroxyl groups excluding tert-OH is 3. The van der Waals surface area contributed by atoms with Crippen molar-refractivity contribution in [2.24, 2.45) is 0 Å². The second kappa shape index (κ2) is 7.36. The number of halogens is 1. The molecule has 1 aromatic carbocycles. The molecular weight excluding hydrogens is 311 g/mol. The standard InChI is InChI=1S/C18H21FN2O3/c19-13-7-4-8-20-14(13)10-21-15(9-12-5-2-1-3-6-12)17(23)18(24)16(21)11-22/h1-8,15-18,22-24H,9-11H2/t15-,16+,17-,18+/m0/s1. The van der Waals surface area contributed by atoms with Gasteiger partial charge in [-0.1, -0.05) is 30.3 Å². The zero-order valence-corrected chi connectivity index (χ0v) is 13.2. The molecule has 0 radical (unpaired) electrons. The van der Waals surface area contributed by atoms with Crippen LogP contribution in [0, 0.1) is 5.82 Å². The van der Waals surface area contributed by atoms with Gasteiger partial charge in [-0.3, -0.25) is 9.88 Å². The normalized spacial score (nSPS) is 27.5. The van der Waals surface area contributed by atoms with Crippen LogP contribution in [-0.4, -0.2) is 56.1 Å². The molecule has 1 aromatic heterocycles. The summed E-state index contributed by atoms with van der Waals surface area (Å²) >= 11 is 0. The minimum Gasteiger partial charge on any atom is -0.395 e. The Kier molecular flexibility index (Phi) is 5.20. The van der Waals surface area contributed by atoms with Gasteiger partial charge < -0.3 is 15.3 Å². The zero-order chi connectivity index (χ0) is 17.1. The Morgan fingerprint density at radius 2 is 1.71 bits per heavy atom. The van der Waals surface area contributed by atoms with Crippen LogP contribution in [0.4, 0.5) is 4.39 Å². The molecular formula is C18H21FN2O3. The molecule has 0 aliphatic carbocycles. The number of hydrogen-bond donors (Lipinski definition) is 3. The predicted molar refractivity (Wildman–Crippen MR) is 86.6 cm³/mol. The van der Waals surface area contributed by atoms with Crippen molar-refractivity contribution in [3.05, 3.63) is 65.7 Å². The summed E-state index contributed by atoms with van der Waals surface area (Å²) in [7, 11) is 0. The molecule has 6 heteroatoms. The zero-order valence-electron chi connectivity index (χ0n) is 13.2. The number of aromatic nitrogens is 1. The van der Waals surface area contributed by atoms with E-state index >= 15 is 0 Å². The molecule has 0 bridgehead atoms. The summed E-state index contributed by atoms with van der Waals surface area (Å²) in [6.07, 6.45) is -0.115. The molecule has 3 N–H and O–H groups in total. The summed E-state index contributed by atoms with van der Waals surface area (Å²) in [4.78, 5) is 5.78. The molecule has 2 aromatic rings. The van der Waals surface area contributed by atoms with Crippen LogP contribution in [0.2, 0.25) is 0 Å². The summed E-state index contributed by atoms with van der Waals surface area (Å²) in [6, 6.07) is 11.3. The van der Waals surface area contributed by atoms with Gasteiger partial charge in [0.25, 0.3) is 0 Å². The second-order valence-electron chi connectivity index (χ2n) is 6.09. The number of rotatable bonds is 5. The topological polar surface area (TPSA) is 76.8 Å². The summed E-state index contributed by atoms with van der Waals surface area (Å²) in [6.45, 7) is -0.207. The van der Waals surface area contributed by atoms with Crippen LogP contribution in [0.25, 0.3) is 0 Å². The van der Waals surface area contributed by atoms with E-state index in [4.69, 9.17) is 0 Å². The van der Waals surface area contributed by atoms with E-state index in [1.165, 1.54) is 18.3 Å². The number of hydrogen-bond acceptors (Lipinski definition) is 5. The first-order valence-electron chi connectivity index (χ1n) is 7.98. The van der Waals surface area contributed by atoms with Crippen LogP contribution < -0.4 is 0 Å². The number of benzene rings is 1. The SMILES string of the molecule is OC[C@@H]1[C@@H](O)[C@@H](O)[C@H](Cc2ccccc2)N1Cc1ncccc1F. The summed E-state index contributed by atoms with van der Waals surface area (Å²) in [5.74, 6) is -0.441. The van der Waals surface area contributed by atoms with Crippen molar-refractivity contribution in [3.8, 4) is 0 Å². The Morgan fingerprint density at radius 1 is 1.00 bits per heavy atom. The van der Waals surface area contributed by atoms with E-state index in [0.717, 1.165) is 5.56 Å². The van der Waals surface area contributed by atoms with E-state index in [-0.39, 0.29) is 18.8 Å². The monoisotopic (exact) mass is 332 g/mol. The van der Waals surface area contributed by atoms with E-state index in [1.54, 1.807) is 4.90 Å². The average Bonchev–Trinajstić information content (AvgIpc) is 2.82. The molecule has 0 saturated carbocycles. The smallest absolute Gasteiger partial charge is 0.146 e. The van der Waals surface area contributed by atoms with Gasteiger partial charge >= 0.3 is 0 Å². The largest absolute Gasteiger partial charge is 0.395 e. The van der Waals surface area contributed by atoms with Crippen molar-refractivity contribution in [2.75, 3.05) is 6.61 Å². The van der Waals surface area contributed by atoms with Crippen LogP contribution in [0.1, 0.15) is 11.3 Å². The second-order valence-corrected chi connectivity index (χ2v) is 6.09. The lowest BCUT2D eigenvalue weighted by atomic mass is 10.0. The van der Waals surface area contributed by atoms with E-state index < -0.39 is 30.1 Å². The van der Waals surface area contributed by atoms with Gasteiger partial charge in [-0.2, -0.15) is 0 Å². The molecule has 1 fully saturated rings. The van der Waals surface area contributed by atoms with Crippen molar-refractivity contribution in [1.82, 2.24) is 9.88 Å². The van der Waals surface area contributed by atoms with Crippen LogP contribution in [0.15, 0.2) is 48.7 Å². The van der Waals surface area contributed by atoms with Crippen molar-refractivity contribution < 1.29 is 19.7 Å². The van der Waals surface area contributed by atoms with Gasteiger partial charge in [0.2, 0.25) is 0 Å². The van der Waals surface area contributed by atoms with Gasteiger partial charge in [0.1, 0.15) is 5.82 Å². The molecule has 1 saturated heterocycles. The van der Waals surface area contributed by atoms with Crippen molar-refractivity contribution in [1.29, 1.82) is 0 Å². The number of aliphatic hydroxyl groups is 3. The van der Waals surface area contributed by atoms with Crippen molar-refractivity contribution in [2.45, 2.75) is 37.3 Å². The fraction of sp³-hybridized carbons (Fsp3) is 0.389. The average molecular weight is 332 g/mol. The lowest BCUT2D eigenvalue weighted by molar-refractivity contribution is 0.0177. The number of nitrogens with zero attached hydrogens (tertiary/aromatic N) is 2. The molecule has 128 valence electrons. The van der Waals surface area contributed by atoms with Gasteiger partial charge in [-0.15, -0.1) is 0 Å². The molecule has 5 nitrogen and oxygen atoms in total. The van der Waals surface area contributed by atoms with Crippen molar-refractivity contribution in [3.63, 3.8) is 0 Å². The maximum absolute atomic E-state index is 13.9. The minimum atomic E-state index is -1.09. The molecule has 1 aliphatic heterocycles. The molecule has 0 spiro atoms. The van der Waals surface area contributed by atoms with Gasteiger partial charge in [-0.25, -0.2) is 4.39 Å². The maximum Gasteiger partial charge on any atom is 0.146 e. The molecule has 2 heterocycles. The van der Waals surface area contributed by atoms with E-state index in [0.29, 0.717) is 6.42 Å². The Labute approximate surface area is 140 Å². The van der Waals surface area contributed by atoms with Gasteiger partial charge in [0.15, 0.2) is 0 Å². The Hall–Kier alpha value is -1.86. The first kappa shape index (κ1) is 17.0. The van der Waals surface area contributed by atoms with Crippen molar-refractivity contribution >= 4 is 0 Å². The first-order chi connectivity index (χ1) is 11.6. The van der Waals surface area contributed by atoms with Crippen LogP contribution in [0.3, 0.4) is 0 Å². The van der Waals surface area contributed by atoms with Crippen LogP contribution >= 0.6 is 0 Å². The summed E-state index contributed by atoms with van der Waals surface area (Å²) in [5.41, 5.74) is 1.23. The molecule has 0 unspecified atom stereocenters. The molecule has 4 atom stereocenters. The Balaban J connectivity index is 1.87. The fourth-order valence-corrected chi connectivity index (χ4v) is 3.34. The Bertz CT molecular complexity index is 670. The van der Waals surface area contributed by atoms with Gasteiger partial charge in [-0.05, 0) is 24.1 Å². The summed E-state index contributed by atoms with van der Waals surface area (Å²) in [5, 5.41) is 30.3. The third-order valence-corrected chi connectivity index (χ3v) is 4.63. The molecule has 1 aliphatic rings. The van der Waals surface area contributed by atoms with E-state index in [2.05, 4.69) is 4.98 Å². The van der Waals surface area contributed by atoms with Gasteiger partial charge in [0, 0.05) is 18.8 Å². The minimum absolute atomic E-state index is 0.115. The Morgan fingerprint density at radius 3 is 2.38 bits per heavy atom. The quantitative estimate of drug-likeness (QED) is 0.753. The third-order valence-electron chi connectivity index (χ3n) is 4.63. The van der Waals surface area contributed by atoms with E-state index in [1.807, 2.05) is 30.3 Å². The van der Waals surface area contributed by atoms with Gasteiger partial charge in [0.05, 0.1) is 30.6 Å². The fourth-order valence-electron chi connectivity index (χ4n) is 3.34. The lowest BCUT2D eigenvalue weighted by Crippen LogP contribution is -2.42.